The first kappa shape index (κ1) is 19.8. The monoisotopic (exact) mass is 391 g/mol. The fraction of sp³-hybridized carbons (Fsp3) is 0.480. The van der Waals surface area contributed by atoms with Crippen LogP contribution in [-0.2, 0) is 11.2 Å². The Morgan fingerprint density at radius 3 is 2.93 bits per heavy atom. The van der Waals surface area contributed by atoms with Gasteiger partial charge in [0, 0.05) is 23.8 Å². The number of aliphatic imine (C=N–C) groups is 1. The van der Waals surface area contributed by atoms with Crippen molar-refractivity contribution in [2.24, 2.45) is 4.99 Å². The van der Waals surface area contributed by atoms with Gasteiger partial charge < -0.3 is 14.7 Å². The van der Waals surface area contributed by atoms with Gasteiger partial charge in [0.1, 0.15) is 5.70 Å². The molecule has 4 heteroatoms. The fourth-order valence-electron chi connectivity index (χ4n) is 4.68. The summed E-state index contributed by atoms with van der Waals surface area (Å²) in [6.07, 6.45) is 17.7. The zero-order valence-electron chi connectivity index (χ0n) is 17.8. The van der Waals surface area contributed by atoms with Gasteiger partial charge in [0.2, 0.25) is 0 Å². The van der Waals surface area contributed by atoms with Crippen LogP contribution in [0.25, 0.3) is 11.6 Å². The highest BCUT2D eigenvalue weighted by Gasteiger charge is 2.22. The number of methoxy groups -OCH3 is 1. The molecule has 4 nitrogen and oxygen atoms in total. The third kappa shape index (κ3) is 4.42. The summed E-state index contributed by atoms with van der Waals surface area (Å²) in [5, 5.41) is 0. The highest BCUT2D eigenvalue weighted by atomic mass is 16.5. The van der Waals surface area contributed by atoms with Crippen LogP contribution in [0.15, 0.2) is 40.8 Å². The summed E-state index contributed by atoms with van der Waals surface area (Å²) in [6.45, 7) is 2.29. The highest BCUT2D eigenvalue weighted by molar-refractivity contribution is 6.14. The van der Waals surface area contributed by atoms with E-state index < -0.39 is 0 Å². The maximum absolute atomic E-state index is 5.72. The van der Waals surface area contributed by atoms with E-state index in [0.717, 1.165) is 34.8 Å². The molecule has 0 aromatic carbocycles. The zero-order chi connectivity index (χ0) is 20.1. The molecule has 2 aromatic heterocycles. The molecule has 1 aliphatic heterocycles. The van der Waals surface area contributed by atoms with Gasteiger partial charge >= 0.3 is 0 Å². The van der Waals surface area contributed by atoms with Gasteiger partial charge in [-0.15, -0.1) is 0 Å². The van der Waals surface area contributed by atoms with Crippen molar-refractivity contribution in [3.05, 3.63) is 58.5 Å². The number of aromatic nitrogens is 2. The Morgan fingerprint density at radius 1 is 1.24 bits per heavy atom. The summed E-state index contributed by atoms with van der Waals surface area (Å²) in [5.74, 6) is 1.51. The number of aryl methyl sites for hydroxylation is 1. The van der Waals surface area contributed by atoms with E-state index in [-0.39, 0.29) is 0 Å². The summed E-state index contributed by atoms with van der Waals surface area (Å²) in [5.41, 5.74) is 7.05. The average Bonchev–Trinajstić information content (AvgIpc) is 3.46. The quantitative estimate of drug-likeness (QED) is 0.572. The third-order valence-corrected chi connectivity index (χ3v) is 6.22. The topological polar surface area (TPSA) is 53.2 Å². The summed E-state index contributed by atoms with van der Waals surface area (Å²) >= 11 is 0. The first-order chi connectivity index (χ1) is 14.3. The van der Waals surface area contributed by atoms with Crippen molar-refractivity contribution in [2.75, 3.05) is 7.11 Å². The van der Waals surface area contributed by atoms with Crippen LogP contribution in [0.4, 0.5) is 0 Å². The number of unbranched alkanes of at least 4 members (excludes halogenated alkanes) is 1. The van der Waals surface area contributed by atoms with Gasteiger partial charge in [0.05, 0.1) is 18.4 Å². The molecule has 0 amide bonds. The van der Waals surface area contributed by atoms with Crippen molar-refractivity contribution >= 4 is 17.9 Å². The molecule has 2 aromatic rings. The van der Waals surface area contributed by atoms with E-state index in [1.165, 1.54) is 57.1 Å². The predicted molar refractivity (Wildman–Crippen MR) is 121 cm³/mol. The van der Waals surface area contributed by atoms with Crippen LogP contribution in [-0.4, -0.2) is 23.3 Å². The van der Waals surface area contributed by atoms with E-state index in [1.807, 2.05) is 24.5 Å². The van der Waals surface area contributed by atoms with E-state index in [0.29, 0.717) is 5.92 Å². The molecule has 154 valence electrons. The number of hydrogen-bond acceptors (Lipinski definition) is 2. The van der Waals surface area contributed by atoms with Crippen molar-refractivity contribution in [1.29, 1.82) is 0 Å². The average molecular weight is 392 g/mol. The van der Waals surface area contributed by atoms with Crippen LogP contribution in [0.3, 0.4) is 0 Å². The second-order valence-corrected chi connectivity index (χ2v) is 8.27. The number of nitrogens with one attached hydrogen (secondary N) is 2. The molecule has 0 saturated heterocycles. The molecular formula is C25H33N3O. The van der Waals surface area contributed by atoms with Gasteiger partial charge in [-0.05, 0) is 61.4 Å². The van der Waals surface area contributed by atoms with E-state index >= 15 is 0 Å². The first-order valence-electron chi connectivity index (χ1n) is 11.2. The number of aromatic amines is 2. The Morgan fingerprint density at radius 2 is 2.14 bits per heavy atom. The van der Waals surface area contributed by atoms with Crippen LogP contribution in [0, 0.1) is 0 Å². The molecule has 0 saturated carbocycles. The zero-order valence-corrected chi connectivity index (χ0v) is 17.8. The van der Waals surface area contributed by atoms with Crippen LogP contribution < -0.4 is 0 Å². The molecule has 0 spiro atoms. The van der Waals surface area contributed by atoms with Crippen molar-refractivity contribution in [1.82, 2.24) is 9.97 Å². The van der Waals surface area contributed by atoms with Crippen molar-refractivity contribution in [3.63, 3.8) is 0 Å². The molecule has 2 N–H and O–H groups in total. The van der Waals surface area contributed by atoms with E-state index in [9.17, 15) is 0 Å². The summed E-state index contributed by atoms with van der Waals surface area (Å²) in [7, 11) is 1.72. The normalized spacial score (nSPS) is 21.2. The second-order valence-electron chi connectivity index (χ2n) is 8.27. The molecule has 0 unspecified atom stereocenters. The van der Waals surface area contributed by atoms with Crippen molar-refractivity contribution in [2.45, 2.75) is 70.6 Å². The number of fused-ring (bicyclic) bond motifs is 1. The van der Waals surface area contributed by atoms with Gasteiger partial charge in [0.15, 0.2) is 5.76 Å². The van der Waals surface area contributed by atoms with E-state index in [4.69, 9.17) is 4.74 Å². The summed E-state index contributed by atoms with van der Waals surface area (Å²) in [4.78, 5) is 11.6. The number of rotatable bonds is 6. The number of allylic oxidation sites excluding steroid dienone is 1. The third-order valence-electron chi connectivity index (χ3n) is 6.22. The fourth-order valence-corrected chi connectivity index (χ4v) is 4.68. The summed E-state index contributed by atoms with van der Waals surface area (Å²) < 4.78 is 5.72. The maximum atomic E-state index is 5.72. The SMILES string of the molecule is CCCC[C@H]1CCCCCCc2[nH]c(/C=C3\N=CC(c4ccc[nH]4)=C3OC)cc21. The Kier molecular flexibility index (Phi) is 6.38. The number of nitrogens with zero attached hydrogens (tertiary/aromatic N) is 1. The number of H-pyrrole nitrogens is 2. The van der Waals surface area contributed by atoms with Crippen LogP contribution in [0.2, 0.25) is 0 Å². The molecule has 1 atom stereocenters. The van der Waals surface area contributed by atoms with Crippen LogP contribution in [0.1, 0.15) is 86.9 Å². The lowest BCUT2D eigenvalue weighted by Gasteiger charge is -2.16. The Balaban J connectivity index is 1.65. The van der Waals surface area contributed by atoms with Gasteiger partial charge in [-0.2, -0.15) is 0 Å². The van der Waals surface area contributed by atoms with Gasteiger partial charge in [-0.1, -0.05) is 39.0 Å². The van der Waals surface area contributed by atoms with Crippen molar-refractivity contribution < 1.29 is 4.74 Å². The van der Waals surface area contributed by atoms with Gasteiger partial charge in [-0.3, -0.25) is 4.99 Å². The molecular weight excluding hydrogens is 358 g/mol. The predicted octanol–water partition coefficient (Wildman–Crippen LogP) is 6.61. The highest BCUT2D eigenvalue weighted by Crippen LogP contribution is 2.35. The molecule has 29 heavy (non-hydrogen) atoms. The van der Waals surface area contributed by atoms with Gasteiger partial charge in [0.25, 0.3) is 0 Å². The smallest absolute Gasteiger partial charge is 0.155 e. The first-order valence-corrected chi connectivity index (χ1v) is 11.2. The summed E-state index contributed by atoms with van der Waals surface area (Å²) in [6, 6.07) is 6.42. The molecule has 1 aliphatic carbocycles. The Bertz CT molecular complexity index is 899. The molecule has 3 heterocycles. The standard InChI is InChI=1S/C25H33N3O/c1-3-4-10-18-11-7-5-6-8-12-23-20(18)15-19(28-23)16-24-25(29-2)21(17-27-24)22-13-9-14-26-22/h9,13-18,26,28H,3-8,10-12H2,1-2H3/b24-16-/t18-/m0/s1. The van der Waals surface area contributed by atoms with Crippen LogP contribution in [0.5, 0.6) is 0 Å². The maximum Gasteiger partial charge on any atom is 0.155 e. The van der Waals surface area contributed by atoms with Gasteiger partial charge in [-0.25, -0.2) is 0 Å². The lowest BCUT2D eigenvalue weighted by Crippen LogP contribution is -2.01. The lowest BCUT2D eigenvalue weighted by molar-refractivity contribution is 0.305. The molecule has 2 aliphatic rings. The number of hydrogen-bond donors (Lipinski definition) is 2. The number of ether oxygens (including phenoxy) is 1. The molecule has 0 radical (unpaired) electrons. The van der Waals surface area contributed by atoms with Crippen LogP contribution >= 0.6 is 0 Å². The minimum absolute atomic E-state index is 0.686. The van der Waals surface area contributed by atoms with E-state index in [1.54, 1.807) is 12.7 Å². The molecule has 0 fully saturated rings. The largest absolute Gasteiger partial charge is 0.494 e. The lowest BCUT2D eigenvalue weighted by atomic mass is 9.89. The Hall–Kier alpha value is -2.49. The minimum Gasteiger partial charge on any atom is -0.494 e. The van der Waals surface area contributed by atoms with Crippen molar-refractivity contribution in [3.8, 4) is 0 Å². The Labute approximate surface area is 174 Å². The van der Waals surface area contributed by atoms with E-state index in [2.05, 4.69) is 34.0 Å². The minimum atomic E-state index is 0.686. The second kappa shape index (κ2) is 9.34. The molecule has 4 rings (SSSR count). The molecule has 0 bridgehead atoms.